The molecule has 33 heavy (non-hydrogen) atoms. The molecule has 2 unspecified atom stereocenters. The molecule has 0 spiro atoms. The fraction of sp³-hybridized carbons (Fsp3) is 0.259. The Kier molecular flexibility index (Phi) is 5.84. The molecule has 1 aromatic heterocycles. The average Bonchev–Trinajstić information content (AvgIpc) is 3.39. The lowest BCUT2D eigenvalue weighted by Gasteiger charge is -2.19. The highest BCUT2D eigenvalue weighted by atomic mass is 16.5. The van der Waals surface area contributed by atoms with E-state index in [9.17, 15) is 9.90 Å². The molecule has 6 nitrogen and oxygen atoms in total. The summed E-state index contributed by atoms with van der Waals surface area (Å²) in [5.74, 6) is 1.60. The van der Waals surface area contributed by atoms with Crippen LogP contribution >= 0.6 is 0 Å². The van der Waals surface area contributed by atoms with Gasteiger partial charge in [-0.15, -0.1) is 0 Å². The number of carbonyl (C=O) groups is 1. The third kappa shape index (κ3) is 4.47. The van der Waals surface area contributed by atoms with Crippen LogP contribution in [0.1, 0.15) is 23.7 Å². The summed E-state index contributed by atoms with van der Waals surface area (Å²) in [5.41, 5.74) is 3.89. The van der Waals surface area contributed by atoms with Crippen molar-refractivity contribution in [2.75, 3.05) is 18.1 Å². The van der Waals surface area contributed by atoms with Crippen molar-refractivity contribution in [2.45, 2.75) is 31.9 Å². The molecule has 0 saturated carbocycles. The minimum atomic E-state index is -0.716. The van der Waals surface area contributed by atoms with Gasteiger partial charge in [-0.3, -0.25) is 4.79 Å². The number of benzene rings is 3. The molecule has 2 heterocycles. The second-order valence-corrected chi connectivity index (χ2v) is 8.59. The van der Waals surface area contributed by atoms with Crippen molar-refractivity contribution >= 4 is 22.6 Å². The number of anilines is 1. The molecule has 1 fully saturated rings. The van der Waals surface area contributed by atoms with Gasteiger partial charge >= 0.3 is 0 Å². The van der Waals surface area contributed by atoms with Gasteiger partial charge in [-0.1, -0.05) is 48.0 Å². The van der Waals surface area contributed by atoms with Crippen LogP contribution in [-0.4, -0.2) is 39.8 Å². The summed E-state index contributed by atoms with van der Waals surface area (Å²) in [4.78, 5) is 19.6. The molecule has 3 aromatic carbocycles. The van der Waals surface area contributed by atoms with Crippen LogP contribution in [-0.2, 0) is 11.3 Å². The van der Waals surface area contributed by atoms with Crippen molar-refractivity contribution in [3.63, 3.8) is 0 Å². The van der Waals surface area contributed by atoms with Gasteiger partial charge in [0.2, 0.25) is 5.91 Å². The van der Waals surface area contributed by atoms with Crippen molar-refractivity contribution in [3.05, 3.63) is 90.3 Å². The maximum absolute atomic E-state index is 12.9. The number of nitrogens with zero attached hydrogens (tertiary/aromatic N) is 3. The number of hydrogen-bond acceptors (Lipinski definition) is 4. The fourth-order valence-electron chi connectivity index (χ4n) is 4.43. The second kappa shape index (κ2) is 9.08. The number of aryl methyl sites for hydroxylation is 1. The highest BCUT2D eigenvalue weighted by Crippen LogP contribution is 2.33. The van der Waals surface area contributed by atoms with Crippen LogP contribution in [0.15, 0.2) is 78.9 Å². The number of fused-ring (bicyclic) bond motifs is 1. The van der Waals surface area contributed by atoms with E-state index in [0.29, 0.717) is 19.5 Å². The molecule has 0 aliphatic carbocycles. The summed E-state index contributed by atoms with van der Waals surface area (Å²) >= 11 is 0. The first kappa shape index (κ1) is 21.2. The minimum absolute atomic E-state index is 0.0477. The molecule has 0 radical (unpaired) electrons. The van der Waals surface area contributed by atoms with E-state index in [0.717, 1.165) is 33.9 Å². The van der Waals surface area contributed by atoms with Gasteiger partial charge in [0.25, 0.3) is 0 Å². The third-order valence-electron chi connectivity index (χ3n) is 6.10. The first-order valence-electron chi connectivity index (χ1n) is 11.3. The van der Waals surface area contributed by atoms with E-state index in [2.05, 4.69) is 0 Å². The fourth-order valence-corrected chi connectivity index (χ4v) is 4.43. The standard InChI is InChI=1S/C27H27N3O3/c1-19-11-13-21(14-12-19)29-16-20(15-26(29)32)27-28-24-9-5-6-10-25(24)30(27)17-22(31)18-33-23-7-3-2-4-8-23/h2-14,20,22,31H,15-18H2,1H3. The van der Waals surface area contributed by atoms with Crippen LogP contribution in [0.4, 0.5) is 5.69 Å². The summed E-state index contributed by atoms with van der Waals surface area (Å²) < 4.78 is 7.80. The lowest BCUT2D eigenvalue weighted by molar-refractivity contribution is -0.117. The van der Waals surface area contributed by atoms with E-state index >= 15 is 0 Å². The molecule has 1 amide bonds. The van der Waals surface area contributed by atoms with E-state index in [1.807, 2.05) is 95.3 Å². The summed E-state index contributed by atoms with van der Waals surface area (Å²) in [5, 5.41) is 10.8. The number of carbonyl (C=O) groups excluding carboxylic acids is 1. The topological polar surface area (TPSA) is 67.6 Å². The molecule has 6 heteroatoms. The molecule has 1 saturated heterocycles. The van der Waals surface area contributed by atoms with Gasteiger partial charge in [0.15, 0.2) is 0 Å². The predicted octanol–water partition coefficient (Wildman–Crippen LogP) is 4.31. The SMILES string of the molecule is Cc1ccc(N2CC(c3nc4ccccc4n3CC(O)COc3ccccc3)CC2=O)cc1. The first-order chi connectivity index (χ1) is 16.1. The zero-order chi connectivity index (χ0) is 22.8. The third-order valence-corrected chi connectivity index (χ3v) is 6.10. The monoisotopic (exact) mass is 441 g/mol. The highest BCUT2D eigenvalue weighted by molar-refractivity contribution is 5.96. The molecule has 2 atom stereocenters. The van der Waals surface area contributed by atoms with Crippen LogP contribution in [0.3, 0.4) is 0 Å². The average molecular weight is 442 g/mol. The van der Waals surface area contributed by atoms with Gasteiger partial charge in [0.1, 0.15) is 24.3 Å². The molecule has 1 aliphatic heterocycles. The molecule has 1 N–H and O–H groups in total. The maximum Gasteiger partial charge on any atom is 0.227 e. The summed E-state index contributed by atoms with van der Waals surface area (Å²) in [6.45, 7) is 3.13. The first-order valence-corrected chi connectivity index (χ1v) is 11.3. The smallest absolute Gasteiger partial charge is 0.227 e. The van der Waals surface area contributed by atoms with E-state index in [4.69, 9.17) is 9.72 Å². The van der Waals surface area contributed by atoms with Crippen molar-refractivity contribution < 1.29 is 14.6 Å². The largest absolute Gasteiger partial charge is 0.491 e. The summed E-state index contributed by atoms with van der Waals surface area (Å²) in [7, 11) is 0. The van der Waals surface area contributed by atoms with Crippen LogP contribution in [0.2, 0.25) is 0 Å². The van der Waals surface area contributed by atoms with Crippen LogP contribution in [0.5, 0.6) is 5.75 Å². The summed E-state index contributed by atoms with van der Waals surface area (Å²) in [6, 6.07) is 25.4. The Bertz CT molecular complexity index is 1250. The number of aromatic nitrogens is 2. The Morgan fingerprint density at radius 3 is 2.55 bits per heavy atom. The van der Waals surface area contributed by atoms with Gasteiger partial charge < -0.3 is 19.3 Å². The number of hydrogen-bond donors (Lipinski definition) is 1. The number of amides is 1. The molecule has 168 valence electrons. The van der Waals surface area contributed by atoms with Crippen molar-refractivity contribution in [1.82, 2.24) is 9.55 Å². The Morgan fingerprint density at radius 2 is 1.76 bits per heavy atom. The molecule has 1 aliphatic rings. The van der Waals surface area contributed by atoms with E-state index in [1.54, 1.807) is 0 Å². The molecule has 4 aromatic rings. The highest BCUT2D eigenvalue weighted by Gasteiger charge is 2.35. The zero-order valence-corrected chi connectivity index (χ0v) is 18.6. The molecule has 5 rings (SSSR count). The number of para-hydroxylation sites is 3. The lowest BCUT2D eigenvalue weighted by atomic mass is 10.1. The quantitative estimate of drug-likeness (QED) is 0.464. The van der Waals surface area contributed by atoms with Crippen LogP contribution in [0.25, 0.3) is 11.0 Å². The number of imidazole rings is 1. The van der Waals surface area contributed by atoms with E-state index in [1.165, 1.54) is 0 Å². The molecule has 0 bridgehead atoms. The number of rotatable bonds is 7. The Balaban J connectivity index is 1.38. The van der Waals surface area contributed by atoms with Crippen LogP contribution in [0, 0.1) is 6.92 Å². The van der Waals surface area contributed by atoms with Gasteiger partial charge in [-0.05, 0) is 43.3 Å². The van der Waals surface area contributed by atoms with Gasteiger partial charge in [0, 0.05) is 24.6 Å². The molecular formula is C27H27N3O3. The van der Waals surface area contributed by atoms with Crippen molar-refractivity contribution in [1.29, 1.82) is 0 Å². The second-order valence-electron chi connectivity index (χ2n) is 8.59. The lowest BCUT2D eigenvalue weighted by Crippen LogP contribution is -2.26. The van der Waals surface area contributed by atoms with Crippen LogP contribution < -0.4 is 9.64 Å². The van der Waals surface area contributed by atoms with Crippen molar-refractivity contribution in [2.24, 2.45) is 0 Å². The van der Waals surface area contributed by atoms with Gasteiger partial charge in [-0.25, -0.2) is 4.98 Å². The Hall–Kier alpha value is -3.64. The maximum atomic E-state index is 12.9. The summed E-state index contributed by atoms with van der Waals surface area (Å²) in [6.07, 6.45) is -0.319. The minimum Gasteiger partial charge on any atom is -0.491 e. The van der Waals surface area contributed by atoms with E-state index in [-0.39, 0.29) is 18.4 Å². The normalized spacial score (nSPS) is 17.0. The predicted molar refractivity (Wildman–Crippen MR) is 129 cm³/mol. The Morgan fingerprint density at radius 1 is 1.03 bits per heavy atom. The van der Waals surface area contributed by atoms with Gasteiger partial charge in [-0.2, -0.15) is 0 Å². The number of ether oxygens (including phenoxy) is 1. The molecular weight excluding hydrogens is 414 g/mol. The van der Waals surface area contributed by atoms with Crippen molar-refractivity contribution in [3.8, 4) is 5.75 Å². The van der Waals surface area contributed by atoms with E-state index < -0.39 is 6.10 Å². The Labute approximate surface area is 193 Å². The number of aliphatic hydroxyl groups excluding tert-OH is 1. The number of aliphatic hydroxyl groups is 1. The van der Waals surface area contributed by atoms with Gasteiger partial charge in [0.05, 0.1) is 17.6 Å². The zero-order valence-electron chi connectivity index (χ0n) is 18.6.